The molecule has 1 saturated carbocycles. The third-order valence-electron chi connectivity index (χ3n) is 4.28. The first-order valence-electron chi connectivity index (χ1n) is 6.04. The van der Waals surface area contributed by atoms with Crippen molar-refractivity contribution >= 4 is 5.97 Å². The maximum absolute atomic E-state index is 11.2. The van der Waals surface area contributed by atoms with Crippen LogP contribution in [0.15, 0.2) is 0 Å². The SMILES string of the molecule is CN1CCC(CC2(C(=O)O)CCC2)CC1. The first kappa shape index (κ1) is 10.9. The van der Waals surface area contributed by atoms with Crippen molar-refractivity contribution < 1.29 is 9.90 Å². The minimum absolute atomic E-state index is 0.333. The van der Waals surface area contributed by atoms with E-state index in [0.29, 0.717) is 5.92 Å². The molecule has 0 aromatic carbocycles. The van der Waals surface area contributed by atoms with Crippen molar-refractivity contribution in [3.05, 3.63) is 0 Å². The highest BCUT2D eigenvalue weighted by Gasteiger charge is 2.45. The number of likely N-dealkylation sites (tertiary alicyclic amines) is 1. The van der Waals surface area contributed by atoms with Crippen LogP contribution in [0.1, 0.15) is 38.5 Å². The Balaban J connectivity index is 1.88. The van der Waals surface area contributed by atoms with Crippen molar-refractivity contribution in [2.75, 3.05) is 20.1 Å². The molecule has 3 nitrogen and oxygen atoms in total. The van der Waals surface area contributed by atoms with Crippen LogP contribution in [0.3, 0.4) is 0 Å². The predicted octanol–water partition coefficient (Wildman–Crippen LogP) is 1.97. The minimum atomic E-state index is -0.548. The Kier molecular flexibility index (Phi) is 3.01. The quantitative estimate of drug-likeness (QED) is 0.776. The fraction of sp³-hybridized carbons (Fsp3) is 0.917. The molecule has 1 aliphatic heterocycles. The van der Waals surface area contributed by atoms with Gasteiger partial charge in [0.25, 0.3) is 0 Å². The van der Waals surface area contributed by atoms with Gasteiger partial charge in [-0.2, -0.15) is 0 Å². The first-order valence-corrected chi connectivity index (χ1v) is 6.04. The summed E-state index contributed by atoms with van der Waals surface area (Å²) >= 11 is 0. The smallest absolute Gasteiger partial charge is 0.309 e. The van der Waals surface area contributed by atoms with Crippen molar-refractivity contribution in [2.24, 2.45) is 11.3 Å². The van der Waals surface area contributed by atoms with E-state index in [9.17, 15) is 9.90 Å². The molecule has 1 N–H and O–H groups in total. The monoisotopic (exact) mass is 211 g/mol. The summed E-state index contributed by atoms with van der Waals surface area (Å²) in [5, 5.41) is 9.26. The second-order valence-electron chi connectivity index (χ2n) is 5.39. The summed E-state index contributed by atoms with van der Waals surface area (Å²) in [6, 6.07) is 0. The average molecular weight is 211 g/mol. The topological polar surface area (TPSA) is 40.5 Å². The number of aliphatic carboxylic acids is 1. The number of hydrogen-bond acceptors (Lipinski definition) is 2. The second kappa shape index (κ2) is 4.12. The third kappa shape index (κ3) is 2.17. The van der Waals surface area contributed by atoms with Gasteiger partial charge >= 0.3 is 5.97 Å². The van der Waals surface area contributed by atoms with Gasteiger partial charge in [-0.25, -0.2) is 0 Å². The number of carbonyl (C=O) groups is 1. The lowest BCUT2D eigenvalue weighted by Gasteiger charge is -2.42. The molecular weight excluding hydrogens is 190 g/mol. The zero-order chi connectivity index (χ0) is 10.9. The van der Waals surface area contributed by atoms with Crippen LogP contribution in [0, 0.1) is 11.3 Å². The number of carboxylic acids is 1. The highest BCUT2D eigenvalue weighted by Crippen LogP contribution is 2.47. The van der Waals surface area contributed by atoms with E-state index < -0.39 is 5.97 Å². The lowest BCUT2D eigenvalue weighted by Crippen LogP contribution is -2.41. The number of piperidine rings is 1. The maximum atomic E-state index is 11.2. The molecule has 1 saturated heterocycles. The lowest BCUT2D eigenvalue weighted by molar-refractivity contribution is -0.156. The van der Waals surface area contributed by atoms with Crippen LogP contribution in [-0.4, -0.2) is 36.1 Å². The summed E-state index contributed by atoms with van der Waals surface area (Å²) < 4.78 is 0. The molecule has 2 fully saturated rings. The van der Waals surface area contributed by atoms with Crippen LogP contribution in [-0.2, 0) is 4.79 Å². The molecule has 1 aliphatic carbocycles. The molecule has 0 spiro atoms. The molecule has 0 atom stereocenters. The van der Waals surface area contributed by atoms with E-state index >= 15 is 0 Å². The van der Waals surface area contributed by atoms with Crippen LogP contribution in [0.2, 0.25) is 0 Å². The second-order valence-corrected chi connectivity index (χ2v) is 5.39. The van der Waals surface area contributed by atoms with E-state index in [1.54, 1.807) is 0 Å². The Labute approximate surface area is 91.5 Å². The molecule has 0 bridgehead atoms. The fourth-order valence-corrected chi connectivity index (χ4v) is 2.93. The maximum Gasteiger partial charge on any atom is 0.309 e. The van der Waals surface area contributed by atoms with Gasteiger partial charge in [0.15, 0.2) is 0 Å². The van der Waals surface area contributed by atoms with Gasteiger partial charge in [0.2, 0.25) is 0 Å². The molecule has 0 unspecified atom stereocenters. The van der Waals surface area contributed by atoms with Crippen LogP contribution in [0.25, 0.3) is 0 Å². The first-order chi connectivity index (χ1) is 7.12. The fourth-order valence-electron chi connectivity index (χ4n) is 2.93. The Hall–Kier alpha value is -0.570. The molecule has 0 aromatic rings. The lowest BCUT2D eigenvalue weighted by atomic mass is 9.63. The van der Waals surface area contributed by atoms with Crippen molar-refractivity contribution in [1.82, 2.24) is 4.90 Å². The summed E-state index contributed by atoms with van der Waals surface area (Å²) in [5.41, 5.74) is -0.333. The van der Waals surface area contributed by atoms with Gasteiger partial charge in [-0.1, -0.05) is 6.42 Å². The zero-order valence-corrected chi connectivity index (χ0v) is 9.54. The molecule has 0 aromatic heterocycles. The third-order valence-corrected chi connectivity index (χ3v) is 4.28. The molecule has 1 heterocycles. The van der Waals surface area contributed by atoms with Crippen molar-refractivity contribution in [1.29, 1.82) is 0 Å². The van der Waals surface area contributed by atoms with Crippen molar-refractivity contribution in [2.45, 2.75) is 38.5 Å². The average Bonchev–Trinajstić information content (AvgIpc) is 2.13. The summed E-state index contributed by atoms with van der Waals surface area (Å²) in [4.78, 5) is 13.6. The van der Waals surface area contributed by atoms with Crippen molar-refractivity contribution in [3.8, 4) is 0 Å². The summed E-state index contributed by atoms with van der Waals surface area (Å²) in [5.74, 6) is 0.102. The molecule has 0 amide bonds. The van der Waals surface area contributed by atoms with Gasteiger partial charge in [0.1, 0.15) is 0 Å². The van der Waals surface area contributed by atoms with Crippen LogP contribution < -0.4 is 0 Å². The van der Waals surface area contributed by atoms with Crippen LogP contribution in [0.4, 0.5) is 0 Å². The van der Waals surface area contributed by atoms with Crippen molar-refractivity contribution in [3.63, 3.8) is 0 Å². The van der Waals surface area contributed by atoms with Crippen LogP contribution in [0.5, 0.6) is 0 Å². The number of hydrogen-bond donors (Lipinski definition) is 1. The highest BCUT2D eigenvalue weighted by atomic mass is 16.4. The Morgan fingerprint density at radius 3 is 2.40 bits per heavy atom. The van der Waals surface area contributed by atoms with E-state index in [1.807, 2.05) is 0 Å². The summed E-state index contributed by atoms with van der Waals surface area (Å²) in [7, 11) is 2.15. The zero-order valence-electron chi connectivity index (χ0n) is 9.54. The van der Waals surface area contributed by atoms with Gasteiger partial charge in [-0.05, 0) is 58.2 Å². The highest BCUT2D eigenvalue weighted by molar-refractivity contribution is 5.75. The molecule has 2 aliphatic rings. The van der Waals surface area contributed by atoms with E-state index in [2.05, 4.69) is 11.9 Å². The van der Waals surface area contributed by atoms with E-state index in [-0.39, 0.29) is 5.41 Å². The molecule has 2 rings (SSSR count). The largest absolute Gasteiger partial charge is 0.481 e. The molecule has 15 heavy (non-hydrogen) atoms. The normalized spacial score (nSPS) is 27.3. The Morgan fingerprint density at radius 1 is 1.40 bits per heavy atom. The van der Waals surface area contributed by atoms with Gasteiger partial charge in [-0.3, -0.25) is 4.79 Å². The standard InChI is InChI=1S/C12H21NO2/c1-13-7-3-10(4-8-13)9-12(11(14)15)5-2-6-12/h10H,2-9H2,1H3,(H,14,15). The minimum Gasteiger partial charge on any atom is -0.481 e. The van der Waals surface area contributed by atoms with Crippen LogP contribution >= 0.6 is 0 Å². The van der Waals surface area contributed by atoms with Gasteiger partial charge in [0.05, 0.1) is 5.41 Å². The number of nitrogens with zero attached hydrogens (tertiary/aromatic N) is 1. The van der Waals surface area contributed by atoms with E-state index in [4.69, 9.17) is 0 Å². The van der Waals surface area contributed by atoms with Gasteiger partial charge in [-0.15, -0.1) is 0 Å². The molecule has 86 valence electrons. The summed E-state index contributed by atoms with van der Waals surface area (Å²) in [6.45, 7) is 2.28. The molecular formula is C12H21NO2. The molecule has 0 radical (unpaired) electrons. The predicted molar refractivity (Wildman–Crippen MR) is 58.8 cm³/mol. The molecule has 3 heteroatoms. The number of rotatable bonds is 3. The Morgan fingerprint density at radius 2 is 2.00 bits per heavy atom. The Bertz CT molecular complexity index is 240. The number of carboxylic acid groups (broad SMARTS) is 1. The van der Waals surface area contributed by atoms with E-state index in [0.717, 1.165) is 38.8 Å². The van der Waals surface area contributed by atoms with Gasteiger partial charge in [0, 0.05) is 0 Å². The summed E-state index contributed by atoms with van der Waals surface area (Å²) in [6.07, 6.45) is 6.23. The van der Waals surface area contributed by atoms with E-state index in [1.165, 1.54) is 12.8 Å². The van der Waals surface area contributed by atoms with Gasteiger partial charge < -0.3 is 10.0 Å².